The Hall–Kier alpha value is -2.80. The number of aromatic nitrogens is 2. The number of nitrogens with zero attached hydrogens (tertiary/aromatic N) is 3. The zero-order valence-electron chi connectivity index (χ0n) is 12.6. The number of aromatic hydroxyl groups is 1. The van der Waals surface area contributed by atoms with Crippen molar-refractivity contribution >= 4 is 39.6 Å². The molecule has 1 saturated heterocycles. The molecule has 0 saturated carbocycles. The van der Waals surface area contributed by atoms with Crippen molar-refractivity contribution in [2.45, 2.75) is 0 Å². The van der Waals surface area contributed by atoms with Crippen LogP contribution in [0.1, 0.15) is 10.4 Å². The molecule has 0 atom stereocenters. The van der Waals surface area contributed by atoms with Gasteiger partial charge in [-0.1, -0.05) is 23.9 Å². The highest BCUT2D eigenvalue weighted by atomic mass is 32.2. The van der Waals surface area contributed by atoms with Gasteiger partial charge in [0.25, 0.3) is 5.91 Å². The molecule has 3 heterocycles. The quantitative estimate of drug-likeness (QED) is 0.751. The average molecular weight is 338 g/mol. The third-order valence-electron chi connectivity index (χ3n) is 3.83. The molecule has 4 rings (SSSR count). The molecule has 1 aliphatic rings. The molecule has 1 aliphatic heterocycles. The van der Waals surface area contributed by atoms with Gasteiger partial charge in [0.05, 0.1) is 11.3 Å². The SMILES string of the molecule is O=C(N=C1SCCN1c1ccccc1O)c1c[nH]c2ncccc12. The van der Waals surface area contributed by atoms with Gasteiger partial charge >= 0.3 is 0 Å². The predicted molar refractivity (Wildman–Crippen MR) is 95.8 cm³/mol. The molecule has 0 aliphatic carbocycles. The smallest absolute Gasteiger partial charge is 0.281 e. The maximum Gasteiger partial charge on any atom is 0.281 e. The van der Waals surface area contributed by atoms with E-state index in [1.165, 1.54) is 11.8 Å². The summed E-state index contributed by atoms with van der Waals surface area (Å²) in [7, 11) is 0. The summed E-state index contributed by atoms with van der Waals surface area (Å²) in [4.78, 5) is 25.9. The Morgan fingerprint density at radius 1 is 1.29 bits per heavy atom. The van der Waals surface area contributed by atoms with Gasteiger partial charge in [-0.25, -0.2) is 4.98 Å². The molecule has 7 heteroatoms. The van der Waals surface area contributed by atoms with Crippen molar-refractivity contribution in [3.05, 3.63) is 54.4 Å². The number of aromatic amines is 1. The predicted octanol–water partition coefficient (Wildman–Crippen LogP) is 3.02. The van der Waals surface area contributed by atoms with Crippen molar-refractivity contribution in [1.82, 2.24) is 9.97 Å². The number of aliphatic imine (C=N–C) groups is 1. The Morgan fingerprint density at radius 2 is 2.17 bits per heavy atom. The van der Waals surface area contributed by atoms with Gasteiger partial charge in [0, 0.05) is 30.1 Å². The van der Waals surface area contributed by atoms with Crippen LogP contribution in [0.2, 0.25) is 0 Å². The van der Waals surface area contributed by atoms with Crippen LogP contribution in [0.4, 0.5) is 5.69 Å². The van der Waals surface area contributed by atoms with Crippen molar-refractivity contribution in [3.8, 4) is 5.75 Å². The second kappa shape index (κ2) is 6.01. The average Bonchev–Trinajstić information content (AvgIpc) is 3.22. The number of phenols is 1. The molecule has 0 radical (unpaired) electrons. The summed E-state index contributed by atoms with van der Waals surface area (Å²) in [6.45, 7) is 0.698. The van der Waals surface area contributed by atoms with Gasteiger partial charge in [0.2, 0.25) is 0 Å². The Morgan fingerprint density at radius 3 is 3.04 bits per heavy atom. The van der Waals surface area contributed by atoms with Crippen LogP contribution >= 0.6 is 11.8 Å². The molecular formula is C17H14N4O2S. The molecule has 6 nitrogen and oxygen atoms in total. The number of H-pyrrole nitrogens is 1. The lowest BCUT2D eigenvalue weighted by atomic mass is 10.2. The highest BCUT2D eigenvalue weighted by Crippen LogP contribution is 2.32. The van der Waals surface area contributed by atoms with Crippen LogP contribution in [0.25, 0.3) is 11.0 Å². The minimum Gasteiger partial charge on any atom is -0.506 e. The molecule has 2 N–H and O–H groups in total. The summed E-state index contributed by atoms with van der Waals surface area (Å²) >= 11 is 1.50. The van der Waals surface area contributed by atoms with Crippen molar-refractivity contribution in [2.75, 3.05) is 17.2 Å². The Kier molecular flexibility index (Phi) is 3.70. The highest BCUT2D eigenvalue weighted by molar-refractivity contribution is 8.14. The first-order valence-corrected chi connectivity index (χ1v) is 8.46. The van der Waals surface area contributed by atoms with Crippen LogP contribution in [0.3, 0.4) is 0 Å². The minimum absolute atomic E-state index is 0.177. The largest absolute Gasteiger partial charge is 0.506 e. The number of benzene rings is 1. The molecule has 1 fully saturated rings. The minimum atomic E-state index is -0.320. The van der Waals surface area contributed by atoms with E-state index in [1.54, 1.807) is 30.6 Å². The zero-order chi connectivity index (χ0) is 16.5. The third-order valence-corrected chi connectivity index (χ3v) is 4.78. The standard InChI is InChI=1S/C17H14N4O2S/c22-14-6-2-1-5-13(14)21-8-9-24-17(21)20-16(23)12-10-19-15-11(12)4-3-7-18-15/h1-7,10,22H,8-9H2,(H,18,19). The van der Waals surface area contributed by atoms with Gasteiger partial charge in [0.15, 0.2) is 5.17 Å². The first-order valence-electron chi connectivity index (χ1n) is 7.47. The molecule has 2 aromatic heterocycles. The van der Waals surface area contributed by atoms with E-state index < -0.39 is 0 Å². The van der Waals surface area contributed by atoms with Gasteiger partial charge in [-0.05, 0) is 24.3 Å². The molecular weight excluding hydrogens is 324 g/mol. The van der Waals surface area contributed by atoms with E-state index in [1.807, 2.05) is 23.1 Å². The van der Waals surface area contributed by atoms with Crippen LogP contribution in [-0.2, 0) is 0 Å². The van der Waals surface area contributed by atoms with E-state index in [2.05, 4.69) is 15.0 Å². The molecule has 0 bridgehead atoms. The fraction of sp³-hybridized carbons (Fsp3) is 0.118. The molecule has 1 aromatic carbocycles. The lowest BCUT2D eigenvalue weighted by Crippen LogP contribution is -2.24. The summed E-state index contributed by atoms with van der Waals surface area (Å²) in [5.74, 6) is 0.672. The van der Waals surface area contributed by atoms with E-state index in [4.69, 9.17) is 0 Å². The summed E-state index contributed by atoms with van der Waals surface area (Å²) in [6.07, 6.45) is 3.31. The van der Waals surface area contributed by atoms with Crippen LogP contribution in [0.15, 0.2) is 53.8 Å². The number of fused-ring (bicyclic) bond motifs is 1. The molecule has 3 aromatic rings. The van der Waals surface area contributed by atoms with Gasteiger partial charge in [-0.2, -0.15) is 4.99 Å². The first kappa shape index (κ1) is 14.8. The molecule has 24 heavy (non-hydrogen) atoms. The fourth-order valence-electron chi connectivity index (χ4n) is 2.69. The van der Waals surface area contributed by atoms with Crippen LogP contribution in [0, 0.1) is 0 Å². The van der Waals surface area contributed by atoms with Gasteiger partial charge in [0.1, 0.15) is 11.4 Å². The number of amides is 1. The first-order chi connectivity index (χ1) is 11.7. The third kappa shape index (κ3) is 2.52. The zero-order valence-corrected chi connectivity index (χ0v) is 13.5. The number of rotatable bonds is 2. The number of anilines is 1. The molecule has 0 spiro atoms. The summed E-state index contributed by atoms with van der Waals surface area (Å²) in [5, 5.41) is 11.4. The Bertz CT molecular complexity index is 950. The van der Waals surface area contributed by atoms with Gasteiger partial charge < -0.3 is 15.0 Å². The number of pyridine rings is 1. The number of carbonyl (C=O) groups is 1. The van der Waals surface area contributed by atoms with Crippen molar-refractivity contribution in [3.63, 3.8) is 0 Å². The van der Waals surface area contributed by atoms with Gasteiger partial charge in [-0.3, -0.25) is 4.79 Å². The lowest BCUT2D eigenvalue weighted by molar-refractivity contribution is 0.100. The molecule has 120 valence electrons. The second-order valence-corrected chi connectivity index (χ2v) is 6.35. The number of phenolic OH excluding ortho intramolecular Hbond substituents is 1. The van der Waals surface area contributed by atoms with E-state index in [0.717, 1.165) is 11.1 Å². The van der Waals surface area contributed by atoms with E-state index >= 15 is 0 Å². The lowest BCUT2D eigenvalue weighted by Gasteiger charge is -2.18. The van der Waals surface area contributed by atoms with Gasteiger partial charge in [-0.15, -0.1) is 0 Å². The summed E-state index contributed by atoms with van der Waals surface area (Å²) in [5.41, 5.74) is 1.82. The number of hydrogen-bond donors (Lipinski definition) is 2. The number of carbonyl (C=O) groups excluding carboxylic acids is 1. The van der Waals surface area contributed by atoms with E-state index in [-0.39, 0.29) is 11.7 Å². The second-order valence-electron chi connectivity index (χ2n) is 5.29. The normalized spacial score (nSPS) is 16.2. The van der Waals surface area contributed by atoms with E-state index in [9.17, 15) is 9.90 Å². The van der Waals surface area contributed by atoms with Crippen LogP contribution in [0.5, 0.6) is 5.75 Å². The Labute approximate surface area is 142 Å². The van der Waals surface area contributed by atoms with Crippen molar-refractivity contribution < 1.29 is 9.90 Å². The monoisotopic (exact) mass is 338 g/mol. The van der Waals surface area contributed by atoms with Crippen molar-refractivity contribution in [1.29, 1.82) is 0 Å². The fourth-order valence-corrected chi connectivity index (χ4v) is 3.64. The summed E-state index contributed by atoms with van der Waals surface area (Å²) in [6, 6.07) is 10.7. The molecule has 0 unspecified atom stereocenters. The number of nitrogens with one attached hydrogen (secondary N) is 1. The number of thioether (sulfide) groups is 1. The Balaban J connectivity index is 1.69. The number of para-hydroxylation sites is 2. The maximum atomic E-state index is 12.6. The number of hydrogen-bond acceptors (Lipinski definition) is 4. The maximum absolute atomic E-state index is 12.6. The summed E-state index contributed by atoms with van der Waals surface area (Å²) < 4.78 is 0. The number of amidine groups is 1. The topological polar surface area (TPSA) is 81.6 Å². The molecule has 1 amide bonds. The highest BCUT2D eigenvalue weighted by Gasteiger charge is 2.25. The van der Waals surface area contributed by atoms with E-state index in [0.29, 0.717) is 28.6 Å². The van der Waals surface area contributed by atoms with Crippen LogP contribution in [-0.4, -0.2) is 38.4 Å². The van der Waals surface area contributed by atoms with Crippen molar-refractivity contribution in [2.24, 2.45) is 4.99 Å². The van der Waals surface area contributed by atoms with Crippen LogP contribution < -0.4 is 4.90 Å².